The zero-order valence-corrected chi connectivity index (χ0v) is 22.2. The van der Waals surface area contributed by atoms with Crippen molar-refractivity contribution in [3.05, 3.63) is 46.4 Å². The van der Waals surface area contributed by atoms with Crippen LogP contribution in [-0.2, 0) is 6.54 Å². The third kappa shape index (κ3) is 8.52. The van der Waals surface area contributed by atoms with Gasteiger partial charge in [-0.25, -0.2) is 0 Å². The lowest BCUT2D eigenvalue weighted by Crippen LogP contribution is -1.97. The van der Waals surface area contributed by atoms with Crippen LogP contribution in [0.25, 0.3) is 21.8 Å². The van der Waals surface area contributed by atoms with E-state index in [-0.39, 0.29) is 0 Å². The molecule has 0 saturated heterocycles. The molecule has 2 aromatic carbocycles. The summed E-state index contributed by atoms with van der Waals surface area (Å²) in [6.07, 6.45) is 22.4. The summed E-state index contributed by atoms with van der Waals surface area (Å²) in [4.78, 5) is 0. The first-order valence-corrected chi connectivity index (χ1v) is 14.3. The van der Waals surface area contributed by atoms with Crippen LogP contribution in [0, 0.1) is 0 Å². The third-order valence-electron chi connectivity index (χ3n) is 7.03. The minimum Gasteiger partial charge on any atom is -0.340 e. The molecule has 1 nitrogen and oxygen atoms in total. The molecule has 1 heterocycles. The number of unbranched alkanes of at least 4 members (excludes halogenated alkanes) is 15. The summed E-state index contributed by atoms with van der Waals surface area (Å²) in [5.74, 6) is 0. The summed E-state index contributed by atoms with van der Waals surface area (Å²) in [6.45, 7) is 3.32. The van der Waals surface area contributed by atoms with E-state index in [4.69, 9.17) is 23.2 Å². The molecule has 3 aromatic rings. The fourth-order valence-electron chi connectivity index (χ4n) is 5.10. The molecule has 0 aliphatic rings. The Morgan fingerprint density at radius 2 is 0.879 bits per heavy atom. The van der Waals surface area contributed by atoms with Gasteiger partial charge in [-0.3, -0.25) is 0 Å². The van der Waals surface area contributed by atoms with E-state index in [1.54, 1.807) is 0 Å². The van der Waals surface area contributed by atoms with Gasteiger partial charge in [0, 0.05) is 27.4 Å². The molecule has 0 fully saturated rings. The number of aryl methyl sites for hydroxylation is 1. The van der Waals surface area contributed by atoms with Gasteiger partial charge >= 0.3 is 0 Å². The van der Waals surface area contributed by atoms with Crippen molar-refractivity contribution in [1.82, 2.24) is 4.57 Å². The molecule has 3 rings (SSSR count). The molecule has 0 aliphatic carbocycles. The Kier molecular flexibility index (Phi) is 12.0. The fourth-order valence-corrected chi connectivity index (χ4v) is 5.43. The Morgan fingerprint density at radius 1 is 0.515 bits per heavy atom. The molecule has 0 saturated carbocycles. The number of benzene rings is 2. The lowest BCUT2D eigenvalue weighted by Gasteiger charge is -2.08. The van der Waals surface area contributed by atoms with E-state index < -0.39 is 0 Å². The average molecular weight is 489 g/mol. The molecule has 33 heavy (non-hydrogen) atoms. The normalized spacial score (nSPS) is 11.7. The molecule has 0 unspecified atom stereocenters. The van der Waals surface area contributed by atoms with Gasteiger partial charge in [0.15, 0.2) is 0 Å². The topological polar surface area (TPSA) is 4.93 Å². The van der Waals surface area contributed by atoms with E-state index >= 15 is 0 Å². The lowest BCUT2D eigenvalue weighted by molar-refractivity contribution is 0.524. The highest BCUT2D eigenvalue weighted by Gasteiger charge is 2.11. The van der Waals surface area contributed by atoms with Gasteiger partial charge in [0.05, 0.1) is 11.0 Å². The monoisotopic (exact) mass is 487 g/mol. The molecule has 0 amide bonds. The Labute approximate surface area is 211 Å². The van der Waals surface area contributed by atoms with Crippen molar-refractivity contribution in [2.75, 3.05) is 0 Å². The van der Waals surface area contributed by atoms with E-state index in [1.165, 1.54) is 125 Å². The number of halogens is 2. The Balaban J connectivity index is 1.28. The Morgan fingerprint density at radius 3 is 1.27 bits per heavy atom. The van der Waals surface area contributed by atoms with Gasteiger partial charge in [0.2, 0.25) is 0 Å². The van der Waals surface area contributed by atoms with E-state index in [9.17, 15) is 0 Å². The quantitative estimate of drug-likeness (QED) is 0.167. The minimum atomic E-state index is 0.796. The first kappa shape index (κ1) is 26.4. The van der Waals surface area contributed by atoms with E-state index in [0.29, 0.717) is 0 Å². The van der Waals surface area contributed by atoms with Crippen molar-refractivity contribution in [1.29, 1.82) is 0 Å². The summed E-state index contributed by atoms with van der Waals surface area (Å²) >= 11 is 12.6. The fraction of sp³-hybridized carbons (Fsp3) is 0.600. The summed E-state index contributed by atoms with van der Waals surface area (Å²) in [5.41, 5.74) is 2.45. The van der Waals surface area contributed by atoms with Crippen LogP contribution < -0.4 is 0 Å². The highest BCUT2D eigenvalue weighted by atomic mass is 35.5. The van der Waals surface area contributed by atoms with Gasteiger partial charge in [0.25, 0.3) is 0 Å². The molecule has 0 N–H and O–H groups in total. The van der Waals surface area contributed by atoms with Crippen LogP contribution in [0.15, 0.2) is 36.4 Å². The maximum Gasteiger partial charge on any atom is 0.0506 e. The smallest absolute Gasteiger partial charge is 0.0506 e. The van der Waals surface area contributed by atoms with Gasteiger partial charge in [0.1, 0.15) is 0 Å². The maximum atomic E-state index is 6.31. The number of nitrogens with zero attached hydrogens (tertiary/aromatic N) is 1. The van der Waals surface area contributed by atoms with Gasteiger partial charge < -0.3 is 4.57 Å². The van der Waals surface area contributed by atoms with E-state index in [2.05, 4.69) is 35.8 Å². The van der Waals surface area contributed by atoms with Crippen LogP contribution in [0.2, 0.25) is 10.0 Å². The predicted octanol–water partition coefficient (Wildman–Crippen LogP) is 11.4. The van der Waals surface area contributed by atoms with Crippen LogP contribution in [0.4, 0.5) is 0 Å². The van der Waals surface area contributed by atoms with Crippen LogP contribution in [0.5, 0.6) is 0 Å². The minimum absolute atomic E-state index is 0.796. The molecular weight excluding hydrogens is 445 g/mol. The second-order valence-electron chi connectivity index (χ2n) is 9.78. The van der Waals surface area contributed by atoms with Crippen molar-refractivity contribution in [2.45, 2.75) is 116 Å². The first-order valence-electron chi connectivity index (χ1n) is 13.6. The molecule has 182 valence electrons. The number of rotatable bonds is 17. The number of hydrogen-bond donors (Lipinski definition) is 0. The second-order valence-corrected chi connectivity index (χ2v) is 10.7. The number of fused-ring (bicyclic) bond motifs is 3. The summed E-state index contributed by atoms with van der Waals surface area (Å²) in [7, 11) is 0. The van der Waals surface area contributed by atoms with Crippen LogP contribution >= 0.6 is 23.2 Å². The molecule has 0 bridgehead atoms. The highest BCUT2D eigenvalue weighted by Crippen LogP contribution is 2.33. The third-order valence-corrected chi connectivity index (χ3v) is 7.50. The van der Waals surface area contributed by atoms with Crippen LogP contribution in [0.3, 0.4) is 0 Å². The average Bonchev–Trinajstić information content (AvgIpc) is 3.10. The molecule has 1 aromatic heterocycles. The molecule has 3 heteroatoms. The van der Waals surface area contributed by atoms with Gasteiger partial charge in [-0.2, -0.15) is 0 Å². The lowest BCUT2D eigenvalue weighted by atomic mass is 10.0. The highest BCUT2D eigenvalue weighted by molar-refractivity contribution is 6.32. The Bertz CT molecular complexity index is 899. The van der Waals surface area contributed by atoms with Crippen molar-refractivity contribution >= 4 is 45.0 Å². The molecule has 0 aliphatic heterocycles. The van der Waals surface area contributed by atoms with Gasteiger partial charge in [-0.1, -0.05) is 139 Å². The van der Waals surface area contributed by atoms with Crippen molar-refractivity contribution in [3.8, 4) is 0 Å². The second kappa shape index (κ2) is 14.9. The predicted molar refractivity (Wildman–Crippen MR) is 149 cm³/mol. The van der Waals surface area contributed by atoms with E-state index in [0.717, 1.165) is 16.6 Å². The molecule has 0 spiro atoms. The van der Waals surface area contributed by atoms with Crippen LogP contribution in [-0.4, -0.2) is 4.57 Å². The standard InChI is InChI=1S/C30H43Cl2N/c1-2-3-4-5-6-7-8-9-10-11-12-13-14-15-16-17-22-33-29-23-25(31)18-20-27(29)28-21-19-26(32)24-30(28)33/h18-21,23-24H,2-17,22H2,1H3. The van der Waals surface area contributed by atoms with Crippen LogP contribution in [0.1, 0.15) is 110 Å². The maximum absolute atomic E-state index is 6.31. The first-order chi connectivity index (χ1) is 16.2. The van der Waals surface area contributed by atoms with Gasteiger partial charge in [-0.05, 0) is 30.7 Å². The molecule has 0 atom stereocenters. The summed E-state index contributed by atoms with van der Waals surface area (Å²) < 4.78 is 2.41. The van der Waals surface area contributed by atoms with Crippen molar-refractivity contribution in [3.63, 3.8) is 0 Å². The van der Waals surface area contributed by atoms with Gasteiger partial charge in [-0.15, -0.1) is 0 Å². The largest absolute Gasteiger partial charge is 0.340 e. The SMILES string of the molecule is CCCCCCCCCCCCCCCCCCn1c2cc(Cl)ccc2c2ccc(Cl)cc21. The number of hydrogen-bond acceptors (Lipinski definition) is 0. The van der Waals surface area contributed by atoms with Crippen molar-refractivity contribution < 1.29 is 0 Å². The summed E-state index contributed by atoms with van der Waals surface area (Å²) in [6, 6.07) is 12.4. The van der Waals surface area contributed by atoms with E-state index in [1.807, 2.05) is 12.1 Å². The number of aromatic nitrogens is 1. The zero-order chi connectivity index (χ0) is 23.3. The Hall–Kier alpha value is -1.18. The zero-order valence-electron chi connectivity index (χ0n) is 20.7. The summed E-state index contributed by atoms with van der Waals surface area (Å²) in [5, 5.41) is 4.12. The van der Waals surface area contributed by atoms with Crippen molar-refractivity contribution in [2.24, 2.45) is 0 Å². The molecule has 0 radical (unpaired) electrons. The molecular formula is C30H43Cl2N.